The number of H-pyrrole nitrogens is 5. The molecule has 6 N–H and O–H groups in total. The fourth-order valence-electron chi connectivity index (χ4n) is 16.0. The highest BCUT2D eigenvalue weighted by Crippen LogP contribution is 2.38. The Hall–Kier alpha value is -16.1. The van der Waals surface area contributed by atoms with Gasteiger partial charge in [-0.3, -0.25) is 59.1 Å². The van der Waals surface area contributed by atoms with Gasteiger partial charge in [0.25, 0.3) is 39.6 Å². The third-order valence-corrected chi connectivity index (χ3v) is 23.0. The second-order valence-electron chi connectivity index (χ2n) is 33.9. The maximum Gasteiger partial charge on any atom is 0.416 e. The zero-order valence-corrected chi connectivity index (χ0v) is 76.0. The molecule has 36 heteroatoms. The number of alkyl halides is 3. The zero-order valence-electron chi connectivity index (χ0n) is 75.3. The van der Waals surface area contributed by atoms with Crippen LogP contribution in [0.3, 0.4) is 0 Å². The van der Waals surface area contributed by atoms with Crippen molar-refractivity contribution in [1.82, 2.24) is 88.1 Å². The molecular weight excluding hydrogens is 1720 g/mol. The van der Waals surface area contributed by atoms with Crippen molar-refractivity contribution in [2.45, 2.75) is 145 Å². The summed E-state index contributed by atoms with van der Waals surface area (Å²) < 4.78 is 46.2. The van der Waals surface area contributed by atoms with Crippen molar-refractivity contribution in [2.75, 3.05) is 51.2 Å². The highest BCUT2D eigenvalue weighted by molar-refractivity contribution is 6.31. The van der Waals surface area contributed by atoms with E-state index >= 15 is 0 Å². The number of carbonyl (C=O) groups excluding carboxylic acids is 2. The number of piperazine rings is 1. The lowest BCUT2D eigenvalue weighted by atomic mass is 9.95. The standard InChI is InChI=1S/C21H24N6O.C21H21N5O2.C20H21N5O2.C18H15F3N4O.C17H12ClN5O/c1-14(2)18-19(24-20-16(12-22)13-23-27(20)21(18)28)15-4-6-17(7-5-15)26-10-8-25(3)9-11-26;1-13(2)17-18(24-19-16(11-22)12-23-26(19)21(17)28)14-5-7-15(8-6-14)20(27)25-9-3-4-10-25;1-11(2)16-17(24-18-15(9-21)10-22-25(18)20(16)27)13-5-7-14(8-6-13)19(26)23-12(3)4;1-9(2)14-15(11-5-4-10(3)13(6-11)18(19,20)21)24-16-12(7-22)8-23-25(16)17(14)26;1-9(2)14-15(11-3-10(6-19)4-13(18)5-11)22-16-12(7-20)8-21-23(16)17(14)24/h4-7,13-14,23H,8-11H2,1-3H3;5-8,12-13,23H,3-4,9-10H2,1-2H3;5-8,10-12,22H,1-4H3,(H,23,26);4-6,8-9,23H,1-3H3;3-5,8-9,21H,1-2H3. The van der Waals surface area contributed by atoms with Gasteiger partial charge in [-0.1, -0.05) is 129 Å². The Morgan fingerprint density at radius 2 is 0.722 bits per heavy atom. The van der Waals surface area contributed by atoms with Gasteiger partial charge in [-0.15, -0.1) is 0 Å². The van der Waals surface area contributed by atoms with Gasteiger partial charge < -0.3 is 20.0 Å². The van der Waals surface area contributed by atoms with Gasteiger partial charge in [0.1, 0.15) is 58.2 Å². The van der Waals surface area contributed by atoms with E-state index in [9.17, 15) is 67.8 Å². The molecule has 0 saturated carbocycles. The quantitative estimate of drug-likeness (QED) is 0.0589. The minimum Gasteiger partial charge on any atom is -0.369 e. The molecule has 0 bridgehead atoms. The number of rotatable bonds is 14. The average molecular weight is 1810 g/mol. The molecule has 2 fully saturated rings. The third-order valence-electron chi connectivity index (χ3n) is 22.7. The topological polar surface area (TPSA) is 449 Å². The molecule has 0 atom stereocenters. The second kappa shape index (κ2) is 39.5. The molecule has 12 heterocycles. The normalized spacial score (nSPS) is 12.7. The number of hydrogen-bond acceptors (Lipinski definition) is 20. The van der Waals surface area contributed by atoms with Crippen molar-refractivity contribution in [3.05, 3.63) is 280 Å². The van der Waals surface area contributed by atoms with Crippen molar-refractivity contribution in [3.63, 3.8) is 0 Å². The van der Waals surface area contributed by atoms with Gasteiger partial charge in [-0.2, -0.15) is 44.7 Å². The van der Waals surface area contributed by atoms with E-state index in [1.54, 1.807) is 68.4 Å². The second-order valence-corrected chi connectivity index (χ2v) is 34.4. The summed E-state index contributed by atoms with van der Waals surface area (Å²) in [5, 5.41) is 72.5. The first-order valence-corrected chi connectivity index (χ1v) is 43.3. The predicted octanol–water partition coefficient (Wildman–Crippen LogP) is 15.4. The van der Waals surface area contributed by atoms with Gasteiger partial charge >= 0.3 is 6.18 Å². The van der Waals surface area contributed by atoms with Crippen LogP contribution in [-0.2, 0) is 6.18 Å². The summed E-state index contributed by atoms with van der Waals surface area (Å²) in [5.74, 6) is -0.587. The highest BCUT2D eigenvalue weighted by Gasteiger charge is 2.34. The Balaban J connectivity index is 0.000000141. The lowest BCUT2D eigenvalue weighted by Crippen LogP contribution is -2.44. The third kappa shape index (κ3) is 19.3. The Kier molecular flexibility index (Phi) is 28.1. The number of carbonyl (C=O) groups is 2. The number of nitrogens with zero attached hydrogens (tertiary/aromatic N) is 19. The van der Waals surface area contributed by atoms with Crippen LogP contribution in [0.2, 0.25) is 5.02 Å². The molecule has 17 rings (SSSR count). The van der Waals surface area contributed by atoms with E-state index in [-0.39, 0.29) is 114 Å². The average Bonchev–Trinajstić information content (AvgIpc) is 1.70. The maximum absolute atomic E-state index is 13.3. The van der Waals surface area contributed by atoms with E-state index in [1.807, 2.05) is 123 Å². The molecule has 0 radical (unpaired) electrons. The van der Waals surface area contributed by atoms with Crippen LogP contribution in [0.5, 0.6) is 0 Å². The summed E-state index contributed by atoms with van der Waals surface area (Å²) in [6, 6.07) is 43.3. The van der Waals surface area contributed by atoms with Crippen LogP contribution < -0.4 is 38.0 Å². The molecule has 15 aromatic rings. The fourth-order valence-corrected chi connectivity index (χ4v) is 16.2. The van der Waals surface area contributed by atoms with Gasteiger partial charge in [-0.05, 0) is 136 Å². The number of amides is 2. The van der Waals surface area contributed by atoms with Gasteiger partial charge in [-0.25, -0.2) is 47.5 Å². The lowest BCUT2D eigenvalue weighted by Gasteiger charge is -2.34. The van der Waals surface area contributed by atoms with Crippen LogP contribution in [0, 0.1) is 74.9 Å². The molecule has 2 saturated heterocycles. The van der Waals surface area contributed by atoms with Crippen LogP contribution in [0.25, 0.3) is 84.5 Å². The number of nitriles is 6. The summed E-state index contributed by atoms with van der Waals surface area (Å²) in [5.41, 5.74) is 11.5. The summed E-state index contributed by atoms with van der Waals surface area (Å²) in [4.78, 5) is 119. The predicted molar refractivity (Wildman–Crippen MR) is 497 cm³/mol. The first kappa shape index (κ1) is 94.5. The first-order chi connectivity index (χ1) is 63.4. The summed E-state index contributed by atoms with van der Waals surface area (Å²) in [7, 11) is 2.14. The van der Waals surface area contributed by atoms with Crippen molar-refractivity contribution in [3.8, 4) is 92.7 Å². The number of likely N-dealkylation sites (tertiary alicyclic amines) is 1. The Labute approximate surface area is 764 Å². The van der Waals surface area contributed by atoms with E-state index in [1.165, 1.54) is 73.8 Å². The van der Waals surface area contributed by atoms with Crippen LogP contribution in [0.1, 0.15) is 219 Å². The minimum absolute atomic E-state index is 0.0121. The number of aromatic nitrogens is 15. The number of anilines is 1. The summed E-state index contributed by atoms with van der Waals surface area (Å²) in [6.07, 6.45) is 4.84. The monoisotopic (exact) mass is 1810 g/mol. The van der Waals surface area contributed by atoms with Gasteiger partial charge in [0.05, 0.1) is 45.7 Å². The number of fused-ring (bicyclic) bond motifs is 5. The molecule has 0 unspecified atom stereocenters. The molecule has 32 nitrogen and oxygen atoms in total. The fraction of sp³-hybridized carbons (Fsp3) is 0.299. The number of likely N-dealkylation sites (N-methyl/N-ethyl adjacent to an activating group) is 1. The molecule has 5 aromatic carbocycles. The number of aromatic amines is 5. The molecule has 2 amide bonds. The first-order valence-electron chi connectivity index (χ1n) is 42.9. The molecule has 2 aliphatic heterocycles. The SMILES string of the molecule is CC(C)NC(=O)c1ccc(-c2nc3c(C#N)c[nH]n3c(=O)c2C(C)C)cc1.CC(C)c1c(-c2cc(Cl)cc(C#N)c2)nc2c(C#N)c[nH]n2c1=O.CC(C)c1c(-c2ccc(C(=O)N3CCCC3)cc2)nc2c(C#N)c[nH]n2c1=O.CC(C)c1c(-c2ccc(N3CCN(C)CC3)cc2)nc2c(C#N)c[nH]n2c1=O.Cc1ccc(-c2nc3c(C#N)c[nH]n3c(=O)c2C(C)C)cc1C(F)(F)F. The number of halogens is 4. The Bertz CT molecular complexity index is 7630. The minimum atomic E-state index is -4.51. The van der Waals surface area contributed by atoms with Gasteiger partial charge in [0.15, 0.2) is 28.2 Å². The van der Waals surface area contributed by atoms with E-state index < -0.39 is 17.3 Å². The van der Waals surface area contributed by atoms with E-state index in [2.05, 4.69) is 91.9 Å². The molecule has 2 aliphatic rings. The number of nitrogens with one attached hydrogen (secondary N) is 6. The largest absolute Gasteiger partial charge is 0.416 e. The van der Waals surface area contributed by atoms with Crippen molar-refractivity contribution >= 4 is 57.3 Å². The van der Waals surface area contributed by atoms with E-state index in [4.69, 9.17) is 27.1 Å². The Morgan fingerprint density at radius 3 is 1.04 bits per heavy atom. The molecule has 0 spiro atoms. The number of benzene rings is 5. The Morgan fingerprint density at radius 1 is 0.406 bits per heavy atom. The van der Waals surface area contributed by atoms with Crippen LogP contribution in [0.4, 0.5) is 18.9 Å². The highest BCUT2D eigenvalue weighted by atomic mass is 35.5. The molecular formula is C97H93ClF3N25O7. The van der Waals surface area contributed by atoms with Crippen molar-refractivity contribution in [1.29, 1.82) is 31.6 Å². The van der Waals surface area contributed by atoms with E-state index in [0.29, 0.717) is 106 Å². The van der Waals surface area contributed by atoms with Gasteiger partial charge in [0, 0.05) is 154 Å². The van der Waals surface area contributed by atoms with Crippen molar-refractivity contribution < 1.29 is 22.8 Å². The molecule has 0 aliphatic carbocycles. The van der Waals surface area contributed by atoms with Gasteiger partial charge in [0.2, 0.25) is 0 Å². The number of hydrogen-bond donors (Lipinski definition) is 6. The van der Waals surface area contributed by atoms with E-state index in [0.717, 1.165) is 79.4 Å². The smallest absolute Gasteiger partial charge is 0.369 e. The molecule has 676 valence electrons. The van der Waals surface area contributed by atoms with Crippen LogP contribution in [-0.4, -0.2) is 147 Å². The summed E-state index contributed by atoms with van der Waals surface area (Å²) in [6.45, 7) is 29.9. The molecule has 10 aromatic heterocycles. The van der Waals surface area contributed by atoms with Crippen LogP contribution >= 0.6 is 11.6 Å². The van der Waals surface area contributed by atoms with Crippen molar-refractivity contribution in [2.24, 2.45) is 0 Å². The maximum atomic E-state index is 13.3. The van der Waals surface area contributed by atoms with Crippen LogP contribution in [0.15, 0.2) is 164 Å². The summed E-state index contributed by atoms with van der Waals surface area (Å²) >= 11 is 6.09. The molecule has 133 heavy (non-hydrogen) atoms. The lowest BCUT2D eigenvalue weighted by molar-refractivity contribution is -0.138. The number of aryl methyl sites for hydroxylation is 1. The zero-order chi connectivity index (χ0) is 96.0.